The molecule has 1 rings (SSSR count). The number of pyridine rings is 1. The van der Waals surface area contributed by atoms with Gasteiger partial charge in [0.1, 0.15) is 0 Å². The lowest BCUT2D eigenvalue weighted by atomic mass is 10.1. The van der Waals surface area contributed by atoms with Crippen LogP contribution < -0.4 is 5.56 Å². The van der Waals surface area contributed by atoms with Crippen LogP contribution in [0.4, 0.5) is 0 Å². The minimum absolute atomic E-state index is 0.101. The van der Waals surface area contributed by atoms with Crippen LogP contribution in [-0.2, 0) is 6.54 Å². The van der Waals surface area contributed by atoms with E-state index in [1.165, 1.54) is 0 Å². The fourth-order valence-corrected chi connectivity index (χ4v) is 1.38. The molecule has 0 aliphatic heterocycles. The predicted octanol–water partition coefficient (Wildman–Crippen LogP) is 1.99. The second-order valence-electron chi connectivity index (χ2n) is 3.19. The van der Waals surface area contributed by atoms with Crippen LogP contribution in [0.15, 0.2) is 23.0 Å². The molecule has 66 valence electrons. The summed E-state index contributed by atoms with van der Waals surface area (Å²) >= 11 is 0. The van der Waals surface area contributed by atoms with Gasteiger partial charge in [-0.15, -0.1) is 0 Å². The standard InChI is InChI=1S/C10H15NO/c1-4-11-9(8(2)3)6-5-7-10(11)12/h5-8H,4H2,1-3H3. The number of hydrogen-bond acceptors (Lipinski definition) is 1. The predicted molar refractivity (Wildman–Crippen MR) is 50.5 cm³/mol. The van der Waals surface area contributed by atoms with Crippen LogP contribution in [0, 0.1) is 0 Å². The number of aromatic nitrogens is 1. The third-order valence-electron chi connectivity index (χ3n) is 1.99. The van der Waals surface area contributed by atoms with Gasteiger partial charge in [-0.1, -0.05) is 19.9 Å². The van der Waals surface area contributed by atoms with Crippen LogP contribution in [0.5, 0.6) is 0 Å². The summed E-state index contributed by atoms with van der Waals surface area (Å²) in [5.74, 6) is 0.416. The molecule has 0 amide bonds. The van der Waals surface area contributed by atoms with Crippen molar-refractivity contribution in [3.05, 3.63) is 34.2 Å². The van der Waals surface area contributed by atoms with Gasteiger partial charge in [0.2, 0.25) is 0 Å². The Bertz CT molecular complexity index is 312. The SMILES string of the molecule is CCn1c(C(C)C)cccc1=O. The van der Waals surface area contributed by atoms with Gasteiger partial charge < -0.3 is 4.57 Å². The lowest BCUT2D eigenvalue weighted by Gasteiger charge is -2.12. The molecule has 0 bridgehead atoms. The van der Waals surface area contributed by atoms with Crippen LogP contribution in [0.3, 0.4) is 0 Å². The first kappa shape index (κ1) is 9.04. The van der Waals surface area contributed by atoms with Crippen molar-refractivity contribution in [2.45, 2.75) is 33.2 Å². The summed E-state index contributed by atoms with van der Waals surface area (Å²) < 4.78 is 1.81. The van der Waals surface area contributed by atoms with Gasteiger partial charge in [-0.25, -0.2) is 0 Å². The Labute approximate surface area is 72.8 Å². The van der Waals surface area contributed by atoms with E-state index in [1.807, 2.05) is 23.6 Å². The third kappa shape index (κ3) is 1.58. The largest absolute Gasteiger partial charge is 0.313 e. The highest BCUT2D eigenvalue weighted by Gasteiger charge is 2.04. The summed E-state index contributed by atoms with van der Waals surface area (Å²) in [5, 5.41) is 0. The Kier molecular flexibility index (Phi) is 2.69. The monoisotopic (exact) mass is 165 g/mol. The Balaban J connectivity index is 3.28. The van der Waals surface area contributed by atoms with Crippen LogP contribution in [0.25, 0.3) is 0 Å². The molecule has 0 aromatic carbocycles. The average molecular weight is 165 g/mol. The molecule has 0 radical (unpaired) electrons. The molecule has 0 saturated heterocycles. The molecule has 0 saturated carbocycles. The molecule has 1 aromatic heterocycles. The van der Waals surface area contributed by atoms with Gasteiger partial charge in [0.15, 0.2) is 0 Å². The zero-order chi connectivity index (χ0) is 9.14. The summed E-state index contributed by atoms with van der Waals surface area (Å²) in [7, 11) is 0. The third-order valence-corrected chi connectivity index (χ3v) is 1.99. The van der Waals surface area contributed by atoms with E-state index < -0.39 is 0 Å². The van der Waals surface area contributed by atoms with Gasteiger partial charge in [-0.05, 0) is 18.9 Å². The number of hydrogen-bond donors (Lipinski definition) is 0. The lowest BCUT2D eigenvalue weighted by molar-refractivity contribution is 0.640. The van der Waals surface area contributed by atoms with Gasteiger partial charge in [-0.2, -0.15) is 0 Å². The average Bonchev–Trinajstić information content (AvgIpc) is 2.03. The van der Waals surface area contributed by atoms with E-state index >= 15 is 0 Å². The molecule has 0 aliphatic rings. The fraction of sp³-hybridized carbons (Fsp3) is 0.500. The van der Waals surface area contributed by atoms with Crippen LogP contribution in [0.2, 0.25) is 0 Å². The minimum Gasteiger partial charge on any atom is -0.313 e. The minimum atomic E-state index is 0.101. The van der Waals surface area contributed by atoms with Crippen molar-refractivity contribution in [1.82, 2.24) is 4.57 Å². The fourth-order valence-electron chi connectivity index (χ4n) is 1.38. The summed E-state index contributed by atoms with van der Waals surface area (Å²) in [5.41, 5.74) is 1.22. The number of rotatable bonds is 2. The molecule has 1 aromatic rings. The highest BCUT2D eigenvalue weighted by atomic mass is 16.1. The molecule has 2 heteroatoms. The smallest absolute Gasteiger partial charge is 0.250 e. The second-order valence-corrected chi connectivity index (χ2v) is 3.19. The normalized spacial score (nSPS) is 10.7. The van der Waals surface area contributed by atoms with Gasteiger partial charge >= 0.3 is 0 Å². The highest BCUT2D eigenvalue weighted by molar-refractivity contribution is 5.10. The molecular weight excluding hydrogens is 150 g/mol. The molecule has 12 heavy (non-hydrogen) atoms. The van der Waals surface area contributed by atoms with Crippen molar-refractivity contribution < 1.29 is 0 Å². The maximum absolute atomic E-state index is 11.3. The van der Waals surface area contributed by atoms with Crippen LogP contribution >= 0.6 is 0 Å². The Hall–Kier alpha value is -1.05. The second kappa shape index (κ2) is 3.57. The van der Waals surface area contributed by atoms with E-state index in [4.69, 9.17) is 0 Å². The maximum atomic E-state index is 11.3. The Morgan fingerprint density at radius 1 is 1.42 bits per heavy atom. The molecule has 0 spiro atoms. The van der Waals surface area contributed by atoms with Crippen molar-refractivity contribution >= 4 is 0 Å². The summed E-state index contributed by atoms with van der Waals surface area (Å²) in [6.45, 7) is 6.95. The summed E-state index contributed by atoms with van der Waals surface area (Å²) in [4.78, 5) is 11.3. The molecule has 0 aliphatic carbocycles. The van der Waals surface area contributed by atoms with Gasteiger partial charge in [0.25, 0.3) is 5.56 Å². The molecule has 1 heterocycles. The summed E-state index contributed by atoms with van der Waals surface area (Å²) in [6.07, 6.45) is 0. The lowest BCUT2D eigenvalue weighted by Crippen LogP contribution is -2.21. The first-order valence-corrected chi connectivity index (χ1v) is 4.36. The topological polar surface area (TPSA) is 22.0 Å². The van der Waals surface area contributed by atoms with E-state index in [-0.39, 0.29) is 5.56 Å². The van der Waals surface area contributed by atoms with Crippen molar-refractivity contribution in [3.63, 3.8) is 0 Å². The van der Waals surface area contributed by atoms with Crippen molar-refractivity contribution in [2.24, 2.45) is 0 Å². The molecule has 0 unspecified atom stereocenters. The van der Waals surface area contributed by atoms with E-state index in [0.717, 1.165) is 12.2 Å². The zero-order valence-electron chi connectivity index (χ0n) is 7.87. The molecule has 2 nitrogen and oxygen atoms in total. The molecule has 0 fully saturated rings. The van der Waals surface area contributed by atoms with Crippen LogP contribution in [-0.4, -0.2) is 4.57 Å². The zero-order valence-corrected chi connectivity index (χ0v) is 7.87. The van der Waals surface area contributed by atoms with E-state index in [2.05, 4.69) is 13.8 Å². The summed E-state index contributed by atoms with van der Waals surface area (Å²) in [6, 6.07) is 5.44. The van der Waals surface area contributed by atoms with Gasteiger partial charge in [0, 0.05) is 18.3 Å². The van der Waals surface area contributed by atoms with E-state index in [1.54, 1.807) is 6.07 Å². The van der Waals surface area contributed by atoms with Crippen LogP contribution in [0.1, 0.15) is 32.4 Å². The van der Waals surface area contributed by atoms with E-state index in [9.17, 15) is 4.79 Å². The van der Waals surface area contributed by atoms with Crippen molar-refractivity contribution in [3.8, 4) is 0 Å². The molecular formula is C10H15NO. The van der Waals surface area contributed by atoms with Crippen molar-refractivity contribution in [2.75, 3.05) is 0 Å². The number of nitrogens with zero attached hydrogens (tertiary/aromatic N) is 1. The molecule has 0 N–H and O–H groups in total. The Morgan fingerprint density at radius 2 is 2.08 bits per heavy atom. The quantitative estimate of drug-likeness (QED) is 0.657. The van der Waals surface area contributed by atoms with Gasteiger partial charge in [0.05, 0.1) is 0 Å². The first-order chi connectivity index (χ1) is 5.66. The van der Waals surface area contributed by atoms with Crippen molar-refractivity contribution in [1.29, 1.82) is 0 Å². The molecule has 0 atom stereocenters. The maximum Gasteiger partial charge on any atom is 0.250 e. The Morgan fingerprint density at radius 3 is 2.50 bits per heavy atom. The first-order valence-electron chi connectivity index (χ1n) is 4.36. The van der Waals surface area contributed by atoms with E-state index in [0.29, 0.717) is 5.92 Å². The van der Waals surface area contributed by atoms with Gasteiger partial charge in [-0.3, -0.25) is 4.79 Å². The highest BCUT2D eigenvalue weighted by Crippen LogP contribution is 2.11.